The molecule has 1 atom stereocenters. The van der Waals surface area contributed by atoms with E-state index in [2.05, 4.69) is 58.4 Å². The van der Waals surface area contributed by atoms with Gasteiger partial charge in [0.1, 0.15) is 17.2 Å². The van der Waals surface area contributed by atoms with Crippen LogP contribution < -0.4 is 14.4 Å². The number of nitrogens with zero attached hydrogens (tertiary/aromatic N) is 1. The number of carboxylic acids is 1. The zero-order valence-corrected chi connectivity index (χ0v) is 18.9. The second-order valence-electron chi connectivity index (χ2n) is 7.10. The number of benzene rings is 2. The molecule has 0 amide bonds. The Morgan fingerprint density at radius 1 is 1.26 bits per heavy atom. The molecule has 1 unspecified atom stereocenters. The van der Waals surface area contributed by atoms with Crippen LogP contribution in [0.1, 0.15) is 5.56 Å². The van der Waals surface area contributed by atoms with E-state index in [1.165, 1.54) is 5.56 Å². The van der Waals surface area contributed by atoms with E-state index in [4.69, 9.17) is 24.1 Å². The van der Waals surface area contributed by atoms with Crippen molar-refractivity contribution in [1.82, 2.24) is 0 Å². The fraction of sp³-hybridized carbons (Fsp3) is 0.261. The molecule has 2 heterocycles. The first-order valence-electron chi connectivity index (χ1n) is 9.56. The van der Waals surface area contributed by atoms with Crippen molar-refractivity contribution in [3.63, 3.8) is 0 Å². The molecule has 0 saturated heterocycles. The van der Waals surface area contributed by atoms with Crippen LogP contribution in [0.2, 0.25) is 0 Å². The zero-order valence-electron chi connectivity index (χ0n) is 17.3. The van der Waals surface area contributed by atoms with Crippen LogP contribution >= 0.6 is 15.9 Å². The number of carbonyl (C=O) groups is 1. The number of anilines is 1. The molecular formula is C23H22BrNO6. The molecule has 0 bridgehead atoms. The normalized spacial score (nSPS) is 18.1. The number of fused-ring (bicyclic) bond motifs is 6. The SMILES string of the molecule is COC1=CC2=CN(C)c3c(ccc4cc5c(cc34)OCO5)C2=CC1OC.O=C(O)CBr. The van der Waals surface area contributed by atoms with Gasteiger partial charge in [-0.05, 0) is 35.2 Å². The minimum atomic E-state index is -0.829. The Morgan fingerprint density at radius 3 is 2.61 bits per heavy atom. The highest BCUT2D eigenvalue weighted by Crippen LogP contribution is 2.46. The van der Waals surface area contributed by atoms with Gasteiger partial charge in [0.05, 0.1) is 12.8 Å². The predicted molar refractivity (Wildman–Crippen MR) is 122 cm³/mol. The van der Waals surface area contributed by atoms with Crippen LogP contribution in [-0.4, -0.2) is 50.6 Å². The number of hydrogen-bond acceptors (Lipinski definition) is 6. The Kier molecular flexibility index (Phi) is 5.93. The largest absolute Gasteiger partial charge is 0.498 e. The lowest BCUT2D eigenvalue weighted by atomic mass is 9.86. The number of hydrogen-bond donors (Lipinski definition) is 1. The highest BCUT2D eigenvalue weighted by molar-refractivity contribution is 9.09. The fourth-order valence-corrected chi connectivity index (χ4v) is 3.92. The molecule has 7 nitrogen and oxygen atoms in total. The van der Waals surface area contributed by atoms with Crippen molar-refractivity contribution in [3.8, 4) is 11.5 Å². The molecule has 0 spiro atoms. The van der Waals surface area contributed by atoms with E-state index in [1.807, 2.05) is 12.1 Å². The quantitative estimate of drug-likeness (QED) is 0.646. The van der Waals surface area contributed by atoms with Crippen LogP contribution in [0.15, 0.2) is 53.9 Å². The van der Waals surface area contributed by atoms with Crippen LogP contribution in [0.25, 0.3) is 16.3 Å². The molecule has 1 aliphatic carbocycles. The van der Waals surface area contributed by atoms with E-state index in [1.54, 1.807) is 14.2 Å². The second-order valence-corrected chi connectivity index (χ2v) is 7.66. The predicted octanol–water partition coefficient (Wildman–Crippen LogP) is 4.31. The van der Waals surface area contributed by atoms with Crippen molar-refractivity contribution in [1.29, 1.82) is 0 Å². The Hall–Kier alpha value is -2.97. The summed E-state index contributed by atoms with van der Waals surface area (Å²) in [4.78, 5) is 11.5. The molecule has 0 fully saturated rings. The maximum atomic E-state index is 9.32. The van der Waals surface area contributed by atoms with Crippen molar-refractivity contribution >= 4 is 43.9 Å². The van der Waals surface area contributed by atoms with E-state index < -0.39 is 5.97 Å². The highest BCUT2D eigenvalue weighted by Gasteiger charge is 2.28. The number of alkyl halides is 1. The van der Waals surface area contributed by atoms with Gasteiger partial charge >= 0.3 is 5.97 Å². The van der Waals surface area contributed by atoms with Crippen molar-refractivity contribution in [2.24, 2.45) is 0 Å². The van der Waals surface area contributed by atoms with Gasteiger partial charge in [0, 0.05) is 36.9 Å². The molecule has 8 heteroatoms. The highest BCUT2D eigenvalue weighted by atomic mass is 79.9. The summed E-state index contributed by atoms with van der Waals surface area (Å²) >= 11 is 2.71. The maximum Gasteiger partial charge on any atom is 0.314 e. The van der Waals surface area contributed by atoms with Gasteiger partial charge in [0.2, 0.25) is 6.79 Å². The van der Waals surface area contributed by atoms with Crippen LogP contribution in [0.3, 0.4) is 0 Å². The standard InChI is InChI=1S/C21H19NO4.C2H3BrO2/c1-22-10-13-7-17(23-2)18(24-3)8-15(13)14-5-4-12-6-19-20(26-11-25-19)9-16(12)21(14)22;3-1-2(4)5/h4-10,18H,11H2,1-3H3;1H2,(H,4,5). The molecule has 162 valence electrons. The maximum absolute atomic E-state index is 9.32. The van der Waals surface area contributed by atoms with Gasteiger partial charge in [-0.3, -0.25) is 4.79 Å². The summed E-state index contributed by atoms with van der Waals surface area (Å²) in [6, 6.07) is 8.40. The van der Waals surface area contributed by atoms with Gasteiger partial charge in [0.25, 0.3) is 0 Å². The van der Waals surface area contributed by atoms with Crippen LogP contribution in [0.4, 0.5) is 5.69 Å². The first-order chi connectivity index (χ1) is 15.0. The third-order valence-electron chi connectivity index (χ3n) is 5.27. The molecule has 3 aliphatic rings. The van der Waals surface area contributed by atoms with E-state index in [-0.39, 0.29) is 18.2 Å². The Balaban J connectivity index is 0.000000418. The third-order valence-corrected chi connectivity index (χ3v) is 5.75. The van der Waals surface area contributed by atoms with Crippen molar-refractivity contribution in [2.45, 2.75) is 6.10 Å². The van der Waals surface area contributed by atoms with Gasteiger partial charge < -0.3 is 29.0 Å². The fourth-order valence-electron chi connectivity index (χ4n) is 3.92. The summed E-state index contributed by atoms with van der Waals surface area (Å²) in [6.07, 6.45) is 6.11. The minimum Gasteiger partial charge on any atom is -0.498 e. The van der Waals surface area contributed by atoms with E-state index in [0.29, 0.717) is 0 Å². The minimum absolute atomic E-state index is 0.0347. The number of carboxylic acid groups (broad SMARTS) is 1. The lowest BCUT2D eigenvalue weighted by Crippen LogP contribution is -2.22. The van der Waals surface area contributed by atoms with Gasteiger partial charge in [-0.25, -0.2) is 0 Å². The Bertz CT molecular complexity index is 1140. The lowest BCUT2D eigenvalue weighted by Gasteiger charge is -2.32. The molecule has 5 rings (SSSR count). The van der Waals surface area contributed by atoms with Gasteiger partial charge in [-0.1, -0.05) is 28.1 Å². The van der Waals surface area contributed by atoms with E-state index in [0.717, 1.165) is 44.9 Å². The van der Waals surface area contributed by atoms with Gasteiger partial charge in [-0.15, -0.1) is 0 Å². The van der Waals surface area contributed by atoms with E-state index >= 15 is 0 Å². The number of allylic oxidation sites excluding steroid dienone is 3. The molecular weight excluding hydrogens is 466 g/mol. The molecule has 2 aromatic rings. The summed E-state index contributed by atoms with van der Waals surface area (Å²) in [5.41, 5.74) is 4.60. The molecule has 2 aromatic carbocycles. The first-order valence-corrected chi connectivity index (χ1v) is 10.7. The summed E-state index contributed by atoms with van der Waals surface area (Å²) < 4.78 is 22.2. The molecule has 0 aromatic heterocycles. The smallest absolute Gasteiger partial charge is 0.314 e. The number of rotatable bonds is 3. The number of aliphatic carboxylic acids is 1. The third kappa shape index (κ3) is 3.88. The Morgan fingerprint density at radius 2 is 1.97 bits per heavy atom. The number of methoxy groups -OCH3 is 2. The average molecular weight is 488 g/mol. The molecule has 0 radical (unpaired) electrons. The molecule has 31 heavy (non-hydrogen) atoms. The van der Waals surface area contributed by atoms with Gasteiger partial charge in [-0.2, -0.15) is 0 Å². The summed E-state index contributed by atoms with van der Waals surface area (Å²) in [5.74, 6) is 1.58. The number of ether oxygens (including phenoxy) is 4. The van der Waals surface area contributed by atoms with Crippen molar-refractivity contribution in [3.05, 3.63) is 59.5 Å². The lowest BCUT2D eigenvalue weighted by molar-refractivity contribution is -0.133. The van der Waals surface area contributed by atoms with Crippen molar-refractivity contribution < 1.29 is 28.8 Å². The Labute approximate surface area is 188 Å². The van der Waals surface area contributed by atoms with Crippen LogP contribution in [0.5, 0.6) is 11.5 Å². The summed E-state index contributed by atoms with van der Waals surface area (Å²) in [6.45, 7) is 0.277. The molecule has 1 N–H and O–H groups in total. The van der Waals surface area contributed by atoms with Gasteiger partial charge in [0.15, 0.2) is 11.5 Å². The van der Waals surface area contributed by atoms with Crippen LogP contribution in [0, 0.1) is 0 Å². The molecule has 2 aliphatic heterocycles. The average Bonchev–Trinajstić information content (AvgIpc) is 3.24. The monoisotopic (exact) mass is 487 g/mol. The number of halogens is 1. The topological polar surface area (TPSA) is 77.5 Å². The van der Waals surface area contributed by atoms with Crippen LogP contribution in [-0.2, 0) is 14.3 Å². The first kappa shape index (κ1) is 21.3. The van der Waals surface area contributed by atoms with E-state index in [9.17, 15) is 4.79 Å². The summed E-state index contributed by atoms with van der Waals surface area (Å²) in [7, 11) is 5.43. The molecule has 0 saturated carbocycles. The van der Waals surface area contributed by atoms with Crippen molar-refractivity contribution in [2.75, 3.05) is 38.3 Å². The second kappa shape index (κ2) is 8.64. The zero-order chi connectivity index (χ0) is 22.1. The summed E-state index contributed by atoms with van der Waals surface area (Å²) in [5, 5.41) is 9.98.